The highest BCUT2D eigenvalue weighted by Gasteiger charge is 2.23. The lowest BCUT2D eigenvalue weighted by Gasteiger charge is -2.18. The molecule has 0 aliphatic heterocycles. The molecular formula is C24H22ClN3O2S. The predicted molar refractivity (Wildman–Crippen MR) is 128 cm³/mol. The van der Waals surface area contributed by atoms with Crippen LogP contribution in [0.15, 0.2) is 59.0 Å². The second-order valence-electron chi connectivity index (χ2n) is 7.53. The van der Waals surface area contributed by atoms with Gasteiger partial charge >= 0.3 is 0 Å². The molecule has 0 saturated carbocycles. The third-order valence-electron chi connectivity index (χ3n) is 5.36. The molecule has 2 aromatic carbocycles. The number of anilines is 1. The number of thiophene rings is 1. The van der Waals surface area contributed by atoms with Crippen molar-refractivity contribution in [2.75, 3.05) is 5.32 Å². The van der Waals surface area contributed by atoms with Gasteiger partial charge in [-0.3, -0.25) is 14.2 Å². The Morgan fingerprint density at radius 3 is 2.65 bits per heavy atom. The zero-order valence-corrected chi connectivity index (χ0v) is 19.1. The van der Waals surface area contributed by atoms with Crippen molar-refractivity contribution in [2.24, 2.45) is 0 Å². The number of fused-ring (bicyclic) bond motifs is 1. The van der Waals surface area contributed by atoms with Gasteiger partial charge in [-0.05, 0) is 43.5 Å². The quantitative estimate of drug-likeness (QED) is 0.405. The average Bonchev–Trinajstić information content (AvgIpc) is 3.18. The molecule has 0 bridgehead atoms. The lowest BCUT2D eigenvalue weighted by molar-refractivity contribution is -0.119. The fourth-order valence-electron chi connectivity index (χ4n) is 3.57. The maximum atomic E-state index is 13.5. The van der Waals surface area contributed by atoms with Crippen LogP contribution in [0.3, 0.4) is 0 Å². The Morgan fingerprint density at radius 1 is 1.19 bits per heavy atom. The number of carbonyl (C=O) groups is 1. The molecule has 0 saturated heterocycles. The molecule has 5 nitrogen and oxygen atoms in total. The highest BCUT2D eigenvalue weighted by Crippen LogP contribution is 2.31. The minimum atomic E-state index is -0.687. The number of rotatable bonds is 5. The zero-order valence-electron chi connectivity index (χ0n) is 17.5. The summed E-state index contributed by atoms with van der Waals surface area (Å²) in [4.78, 5) is 31.7. The summed E-state index contributed by atoms with van der Waals surface area (Å²) in [6, 6.07) is 12.7. The van der Waals surface area contributed by atoms with E-state index in [0.29, 0.717) is 27.3 Å². The first kappa shape index (κ1) is 21.3. The van der Waals surface area contributed by atoms with Crippen LogP contribution in [0.1, 0.15) is 30.5 Å². The standard InChI is InChI=1S/C24H22ClN3O2S/c1-4-20(22(29)27-19-11-17(25)10-7-15(19)3)28-13-26-23-21(24(28)30)18(12-31-23)16-8-5-14(2)6-9-16/h5-13,20H,4H2,1-3H3,(H,27,29). The van der Waals surface area contributed by atoms with E-state index in [1.165, 1.54) is 22.2 Å². The van der Waals surface area contributed by atoms with Crippen molar-refractivity contribution in [1.29, 1.82) is 0 Å². The number of carbonyl (C=O) groups excluding carboxylic acids is 1. The van der Waals surface area contributed by atoms with Crippen LogP contribution in [0.25, 0.3) is 21.3 Å². The predicted octanol–water partition coefficient (Wildman–Crippen LogP) is 5.99. The number of nitrogens with zero attached hydrogens (tertiary/aromatic N) is 2. The monoisotopic (exact) mass is 451 g/mol. The van der Waals surface area contributed by atoms with Gasteiger partial charge < -0.3 is 5.32 Å². The van der Waals surface area contributed by atoms with Crippen molar-refractivity contribution < 1.29 is 4.79 Å². The second-order valence-corrected chi connectivity index (χ2v) is 8.82. The molecule has 158 valence electrons. The van der Waals surface area contributed by atoms with E-state index in [2.05, 4.69) is 10.3 Å². The average molecular weight is 452 g/mol. The third-order valence-corrected chi connectivity index (χ3v) is 6.49. The molecule has 0 aliphatic rings. The maximum absolute atomic E-state index is 13.5. The number of nitrogens with one attached hydrogen (secondary N) is 1. The van der Waals surface area contributed by atoms with E-state index in [4.69, 9.17) is 11.6 Å². The van der Waals surface area contributed by atoms with E-state index in [1.54, 1.807) is 12.1 Å². The fourth-order valence-corrected chi connectivity index (χ4v) is 4.65. The van der Waals surface area contributed by atoms with Gasteiger partial charge in [-0.25, -0.2) is 4.98 Å². The minimum absolute atomic E-state index is 0.216. The molecule has 1 atom stereocenters. The lowest BCUT2D eigenvalue weighted by atomic mass is 10.0. The first-order chi connectivity index (χ1) is 14.9. The number of amides is 1. The van der Waals surface area contributed by atoms with Crippen molar-refractivity contribution >= 4 is 44.7 Å². The summed E-state index contributed by atoms with van der Waals surface area (Å²) in [5.41, 5.74) is 4.26. The topological polar surface area (TPSA) is 64.0 Å². The molecule has 1 amide bonds. The summed E-state index contributed by atoms with van der Waals surface area (Å²) in [6.07, 6.45) is 1.92. The van der Waals surface area contributed by atoms with Gasteiger partial charge in [-0.1, -0.05) is 54.4 Å². The summed E-state index contributed by atoms with van der Waals surface area (Å²) in [7, 11) is 0. The first-order valence-electron chi connectivity index (χ1n) is 10.0. The number of hydrogen-bond acceptors (Lipinski definition) is 4. The molecule has 0 aliphatic carbocycles. The van der Waals surface area contributed by atoms with Gasteiger partial charge in [0.2, 0.25) is 5.91 Å². The molecule has 7 heteroatoms. The van der Waals surface area contributed by atoms with Gasteiger partial charge in [0.15, 0.2) is 0 Å². The van der Waals surface area contributed by atoms with Gasteiger partial charge in [-0.15, -0.1) is 11.3 Å². The van der Waals surface area contributed by atoms with Crippen LogP contribution in [-0.4, -0.2) is 15.5 Å². The lowest BCUT2D eigenvalue weighted by Crippen LogP contribution is -2.33. The van der Waals surface area contributed by atoms with E-state index < -0.39 is 6.04 Å². The van der Waals surface area contributed by atoms with Crippen LogP contribution in [0.4, 0.5) is 5.69 Å². The Bertz CT molecular complexity index is 1330. The Labute approximate surface area is 189 Å². The largest absolute Gasteiger partial charge is 0.324 e. The second kappa shape index (κ2) is 8.65. The normalized spacial score (nSPS) is 12.1. The Hall–Kier alpha value is -2.96. The van der Waals surface area contributed by atoms with E-state index in [9.17, 15) is 9.59 Å². The number of aromatic nitrogens is 2. The van der Waals surface area contributed by atoms with Gasteiger partial charge in [0.1, 0.15) is 10.9 Å². The smallest absolute Gasteiger partial charge is 0.263 e. The molecule has 0 radical (unpaired) electrons. The number of benzene rings is 2. The fraction of sp³-hybridized carbons (Fsp3) is 0.208. The summed E-state index contributed by atoms with van der Waals surface area (Å²) < 4.78 is 1.43. The summed E-state index contributed by atoms with van der Waals surface area (Å²) in [5.74, 6) is -0.275. The molecule has 2 heterocycles. The van der Waals surface area contributed by atoms with Crippen LogP contribution in [-0.2, 0) is 4.79 Å². The highest BCUT2D eigenvalue weighted by atomic mass is 35.5. The Morgan fingerprint density at radius 2 is 1.94 bits per heavy atom. The summed E-state index contributed by atoms with van der Waals surface area (Å²) in [5, 5.41) is 5.94. The Balaban J connectivity index is 1.75. The molecule has 4 aromatic rings. The summed E-state index contributed by atoms with van der Waals surface area (Å²) in [6.45, 7) is 5.79. The van der Waals surface area contributed by atoms with Gasteiger partial charge in [0.05, 0.1) is 11.7 Å². The van der Waals surface area contributed by atoms with Crippen molar-refractivity contribution in [2.45, 2.75) is 33.2 Å². The maximum Gasteiger partial charge on any atom is 0.263 e. The summed E-state index contributed by atoms with van der Waals surface area (Å²) >= 11 is 7.51. The van der Waals surface area contributed by atoms with E-state index in [0.717, 1.165) is 22.3 Å². The first-order valence-corrected chi connectivity index (χ1v) is 11.3. The minimum Gasteiger partial charge on any atom is -0.324 e. The van der Waals surface area contributed by atoms with Crippen molar-refractivity contribution in [3.05, 3.63) is 80.7 Å². The van der Waals surface area contributed by atoms with Gasteiger partial charge in [0, 0.05) is 21.7 Å². The molecule has 0 fully saturated rings. The van der Waals surface area contributed by atoms with E-state index in [1.807, 2.05) is 56.5 Å². The number of aryl methyl sites for hydroxylation is 2. The van der Waals surface area contributed by atoms with Crippen molar-refractivity contribution in [3.63, 3.8) is 0 Å². The zero-order chi connectivity index (χ0) is 22.1. The van der Waals surface area contributed by atoms with Crippen LogP contribution in [0.5, 0.6) is 0 Å². The number of hydrogen-bond donors (Lipinski definition) is 1. The van der Waals surface area contributed by atoms with Crippen LogP contribution in [0, 0.1) is 13.8 Å². The van der Waals surface area contributed by atoms with Crippen molar-refractivity contribution in [3.8, 4) is 11.1 Å². The molecular weight excluding hydrogens is 430 g/mol. The highest BCUT2D eigenvalue weighted by molar-refractivity contribution is 7.17. The molecule has 31 heavy (non-hydrogen) atoms. The molecule has 1 unspecified atom stereocenters. The Kier molecular flexibility index (Phi) is 5.94. The third kappa shape index (κ3) is 4.13. The van der Waals surface area contributed by atoms with Crippen LogP contribution in [0.2, 0.25) is 5.02 Å². The van der Waals surface area contributed by atoms with E-state index >= 15 is 0 Å². The molecule has 0 spiro atoms. The van der Waals surface area contributed by atoms with Gasteiger partial charge in [0.25, 0.3) is 5.56 Å². The van der Waals surface area contributed by atoms with Crippen molar-refractivity contribution in [1.82, 2.24) is 9.55 Å². The molecule has 4 rings (SSSR count). The van der Waals surface area contributed by atoms with E-state index in [-0.39, 0.29) is 11.5 Å². The van der Waals surface area contributed by atoms with Crippen LogP contribution >= 0.6 is 22.9 Å². The van der Waals surface area contributed by atoms with Gasteiger partial charge in [-0.2, -0.15) is 0 Å². The van der Waals surface area contributed by atoms with Crippen LogP contribution < -0.4 is 10.9 Å². The SMILES string of the molecule is CCC(C(=O)Nc1cc(Cl)ccc1C)n1cnc2scc(-c3ccc(C)cc3)c2c1=O. The molecule has 1 N–H and O–H groups in total. The molecule has 2 aromatic heterocycles. The number of halogens is 1.